The number of ether oxygens (including phenoxy) is 2. The SMILES string of the molecule is COc1ccc([C@H]2C[C@@H](OC(=O)CCc3ccc(O)cc3)C[C@H]3CCCCN32)cc1O. The van der Waals surface area contributed by atoms with Gasteiger partial charge < -0.3 is 19.7 Å². The van der Waals surface area contributed by atoms with E-state index in [0.717, 1.165) is 36.9 Å². The molecule has 2 aromatic carbocycles. The number of phenolic OH excluding ortho intramolecular Hbond substituents is 2. The van der Waals surface area contributed by atoms with Gasteiger partial charge in [0.25, 0.3) is 0 Å². The van der Waals surface area contributed by atoms with Crippen molar-refractivity contribution in [3.05, 3.63) is 53.6 Å². The lowest BCUT2D eigenvalue weighted by Crippen LogP contribution is -2.49. The van der Waals surface area contributed by atoms with Crippen molar-refractivity contribution in [3.63, 3.8) is 0 Å². The summed E-state index contributed by atoms with van der Waals surface area (Å²) in [6, 6.07) is 13.0. The molecule has 2 aliphatic heterocycles. The molecule has 2 aromatic rings. The largest absolute Gasteiger partial charge is 0.508 e. The van der Waals surface area contributed by atoms with Crippen LogP contribution in [0.1, 0.15) is 55.7 Å². The molecule has 0 radical (unpaired) electrons. The predicted octanol–water partition coefficient (Wildman–Crippen LogP) is 4.34. The van der Waals surface area contributed by atoms with Gasteiger partial charge in [-0.1, -0.05) is 24.6 Å². The van der Waals surface area contributed by atoms with E-state index in [1.165, 1.54) is 12.8 Å². The molecule has 2 N–H and O–H groups in total. The number of carbonyl (C=O) groups is 1. The van der Waals surface area contributed by atoms with Crippen molar-refractivity contribution in [2.75, 3.05) is 13.7 Å². The highest BCUT2D eigenvalue weighted by Crippen LogP contribution is 2.41. The van der Waals surface area contributed by atoms with Gasteiger partial charge in [0.15, 0.2) is 11.5 Å². The van der Waals surface area contributed by atoms with Crippen LogP contribution < -0.4 is 4.74 Å². The topological polar surface area (TPSA) is 79.2 Å². The maximum Gasteiger partial charge on any atom is 0.306 e. The molecule has 0 saturated carbocycles. The molecule has 2 heterocycles. The summed E-state index contributed by atoms with van der Waals surface area (Å²) in [6.07, 6.45) is 5.87. The summed E-state index contributed by atoms with van der Waals surface area (Å²) < 4.78 is 11.1. The van der Waals surface area contributed by atoms with Gasteiger partial charge in [-0.25, -0.2) is 0 Å². The summed E-state index contributed by atoms with van der Waals surface area (Å²) in [5, 5.41) is 19.7. The molecule has 0 amide bonds. The minimum atomic E-state index is -0.182. The average molecular weight is 426 g/mol. The minimum Gasteiger partial charge on any atom is -0.508 e. The maximum absolute atomic E-state index is 12.6. The molecule has 2 fully saturated rings. The van der Waals surface area contributed by atoms with Crippen molar-refractivity contribution in [2.45, 2.75) is 63.1 Å². The lowest BCUT2D eigenvalue weighted by molar-refractivity contribution is -0.154. The number of hydrogen-bond acceptors (Lipinski definition) is 6. The molecule has 0 aromatic heterocycles. The molecule has 4 rings (SSSR count). The Bertz CT molecular complexity index is 897. The van der Waals surface area contributed by atoms with Crippen LogP contribution >= 0.6 is 0 Å². The Morgan fingerprint density at radius 2 is 1.90 bits per heavy atom. The van der Waals surface area contributed by atoms with E-state index in [0.29, 0.717) is 24.6 Å². The molecule has 0 spiro atoms. The van der Waals surface area contributed by atoms with Crippen molar-refractivity contribution in [2.24, 2.45) is 0 Å². The minimum absolute atomic E-state index is 0.116. The van der Waals surface area contributed by atoms with Crippen molar-refractivity contribution >= 4 is 5.97 Å². The molecule has 2 aliphatic rings. The van der Waals surface area contributed by atoms with E-state index >= 15 is 0 Å². The number of nitrogens with zero attached hydrogens (tertiary/aromatic N) is 1. The zero-order valence-electron chi connectivity index (χ0n) is 18.0. The van der Waals surface area contributed by atoms with Crippen LogP contribution in [0.4, 0.5) is 0 Å². The van der Waals surface area contributed by atoms with E-state index in [1.54, 1.807) is 31.4 Å². The molecule has 2 saturated heterocycles. The van der Waals surface area contributed by atoms with Gasteiger partial charge in [-0.05, 0) is 61.2 Å². The van der Waals surface area contributed by atoms with E-state index < -0.39 is 0 Å². The first-order chi connectivity index (χ1) is 15.0. The van der Waals surface area contributed by atoms with E-state index in [1.807, 2.05) is 18.2 Å². The van der Waals surface area contributed by atoms with Gasteiger partial charge in [-0.3, -0.25) is 9.69 Å². The van der Waals surface area contributed by atoms with E-state index in [4.69, 9.17) is 9.47 Å². The number of methoxy groups -OCH3 is 1. The van der Waals surface area contributed by atoms with Crippen molar-refractivity contribution < 1.29 is 24.5 Å². The van der Waals surface area contributed by atoms with Crippen LogP contribution in [0.15, 0.2) is 42.5 Å². The molecule has 0 aliphatic carbocycles. The quantitative estimate of drug-likeness (QED) is 0.671. The second-order valence-corrected chi connectivity index (χ2v) is 8.58. The number of benzene rings is 2. The highest BCUT2D eigenvalue weighted by Gasteiger charge is 2.39. The third kappa shape index (κ3) is 5.13. The Kier molecular flexibility index (Phi) is 6.66. The molecule has 31 heavy (non-hydrogen) atoms. The van der Waals surface area contributed by atoms with Crippen LogP contribution in [0.2, 0.25) is 0 Å². The van der Waals surface area contributed by atoms with Crippen LogP contribution in [0, 0.1) is 0 Å². The van der Waals surface area contributed by atoms with E-state index in [9.17, 15) is 15.0 Å². The molecular formula is C25H31NO5. The maximum atomic E-state index is 12.6. The van der Waals surface area contributed by atoms with Gasteiger partial charge in [-0.15, -0.1) is 0 Å². The number of aryl methyl sites for hydroxylation is 1. The first-order valence-electron chi connectivity index (χ1n) is 11.1. The summed E-state index contributed by atoms with van der Waals surface area (Å²) in [6.45, 7) is 1.03. The molecule has 6 nitrogen and oxygen atoms in total. The Hall–Kier alpha value is -2.73. The number of rotatable bonds is 6. The molecule has 3 atom stereocenters. The monoisotopic (exact) mass is 425 g/mol. The average Bonchev–Trinajstić information content (AvgIpc) is 2.78. The van der Waals surface area contributed by atoms with E-state index in [2.05, 4.69) is 4.90 Å². The highest BCUT2D eigenvalue weighted by atomic mass is 16.5. The van der Waals surface area contributed by atoms with Crippen molar-refractivity contribution in [3.8, 4) is 17.2 Å². The smallest absolute Gasteiger partial charge is 0.306 e. The fourth-order valence-electron chi connectivity index (χ4n) is 4.96. The lowest BCUT2D eigenvalue weighted by Gasteiger charge is -2.47. The number of fused-ring (bicyclic) bond motifs is 1. The van der Waals surface area contributed by atoms with Crippen LogP contribution in [-0.4, -0.2) is 46.9 Å². The van der Waals surface area contributed by atoms with Gasteiger partial charge in [0, 0.05) is 31.3 Å². The van der Waals surface area contributed by atoms with Gasteiger partial charge in [0.1, 0.15) is 11.9 Å². The van der Waals surface area contributed by atoms with Gasteiger partial charge >= 0.3 is 5.97 Å². The second kappa shape index (κ2) is 9.60. The number of piperidine rings is 2. The number of aromatic hydroxyl groups is 2. The Labute approximate surface area is 183 Å². The van der Waals surface area contributed by atoms with Gasteiger partial charge in [0.2, 0.25) is 0 Å². The Balaban J connectivity index is 1.42. The molecular weight excluding hydrogens is 394 g/mol. The van der Waals surface area contributed by atoms with Crippen LogP contribution in [-0.2, 0) is 16.0 Å². The lowest BCUT2D eigenvalue weighted by atomic mass is 9.84. The Morgan fingerprint density at radius 3 is 2.65 bits per heavy atom. The second-order valence-electron chi connectivity index (χ2n) is 8.58. The zero-order valence-corrected chi connectivity index (χ0v) is 18.0. The number of carbonyl (C=O) groups excluding carboxylic acids is 1. The first-order valence-corrected chi connectivity index (χ1v) is 11.1. The summed E-state index contributed by atoms with van der Waals surface area (Å²) >= 11 is 0. The standard InChI is InChI=1S/C25H31NO5/c1-30-24-11-8-18(14-23(24)28)22-16-21(15-19-4-2-3-13-26(19)22)31-25(29)12-7-17-5-9-20(27)10-6-17/h5-6,8-11,14,19,21-22,27-28H,2-4,7,12-13,15-16H2,1H3/t19-,21+,22-/m1/s1. The van der Waals surface area contributed by atoms with Crippen molar-refractivity contribution in [1.82, 2.24) is 4.90 Å². The van der Waals surface area contributed by atoms with Crippen LogP contribution in [0.3, 0.4) is 0 Å². The van der Waals surface area contributed by atoms with Crippen LogP contribution in [0.5, 0.6) is 17.2 Å². The molecule has 0 unspecified atom stereocenters. The number of phenols is 2. The first kappa shape index (κ1) is 21.5. The zero-order chi connectivity index (χ0) is 21.8. The molecule has 0 bridgehead atoms. The highest BCUT2D eigenvalue weighted by molar-refractivity contribution is 5.70. The Morgan fingerprint density at radius 1 is 1.10 bits per heavy atom. The summed E-state index contributed by atoms with van der Waals surface area (Å²) in [5.41, 5.74) is 2.04. The third-order valence-electron chi connectivity index (χ3n) is 6.53. The third-order valence-corrected chi connectivity index (χ3v) is 6.53. The fraction of sp³-hybridized carbons (Fsp3) is 0.480. The summed E-state index contributed by atoms with van der Waals surface area (Å²) in [7, 11) is 1.55. The summed E-state index contributed by atoms with van der Waals surface area (Å²) in [5.74, 6) is 0.647. The fourth-order valence-corrected chi connectivity index (χ4v) is 4.96. The van der Waals surface area contributed by atoms with E-state index in [-0.39, 0.29) is 29.6 Å². The summed E-state index contributed by atoms with van der Waals surface area (Å²) in [4.78, 5) is 15.1. The number of hydrogen-bond donors (Lipinski definition) is 2. The predicted molar refractivity (Wildman–Crippen MR) is 117 cm³/mol. The van der Waals surface area contributed by atoms with Crippen LogP contribution in [0.25, 0.3) is 0 Å². The van der Waals surface area contributed by atoms with Crippen molar-refractivity contribution in [1.29, 1.82) is 0 Å². The normalized spacial score (nSPS) is 23.7. The molecule has 166 valence electrons. The van der Waals surface area contributed by atoms with Gasteiger partial charge in [-0.2, -0.15) is 0 Å². The number of esters is 1. The molecule has 6 heteroatoms. The van der Waals surface area contributed by atoms with Gasteiger partial charge in [0.05, 0.1) is 7.11 Å².